The summed E-state index contributed by atoms with van der Waals surface area (Å²) >= 11 is 1.27. The van der Waals surface area contributed by atoms with E-state index in [2.05, 4.69) is 19.6 Å². The summed E-state index contributed by atoms with van der Waals surface area (Å²) in [6.45, 7) is 10.7. The Kier molecular flexibility index (Phi) is 7.60. The van der Waals surface area contributed by atoms with E-state index >= 15 is 0 Å². The number of amides is 3. The number of rotatable bonds is 5. The lowest BCUT2D eigenvalue weighted by molar-refractivity contribution is -0.140. The van der Waals surface area contributed by atoms with Crippen molar-refractivity contribution in [1.82, 2.24) is 24.1 Å². The van der Waals surface area contributed by atoms with Crippen LogP contribution in [0.1, 0.15) is 69.1 Å². The number of aromatic nitrogens is 3. The summed E-state index contributed by atoms with van der Waals surface area (Å²) in [6, 6.07) is 1.93. The molecule has 5 rings (SSSR count). The Labute approximate surface area is 238 Å². The summed E-state index contributed by atoms with van der Waals surface area (Å²) in [5, 5.41) is 3.89. The van der Waals surface area contributed by atoms with Crippen LogP contribution in [0.2, 0.25) is 0 Å². The minimum atomic E-state index is -0.662. The monoisotopic (exact) mass is 570 g/mol. The molecule has 12 nitrogen and oxygen atoms in total. The Morgan fingerprint density at radius 3 is 2.55 bits per heavy atom. The number of hydrogen-bond acceptors (Lipinski definition) is 10. The first kappa shape index (κ1) is 28.1. The first-order valence-electron chi connectivity index (χ1n) is 13.9. The second kappa shape index (κ2) is 10.8. The van der Waals surface area contributed by atoms with Crippen LogP contribution in [0.15, 0.2) is 12.3 Å². The van der Waals surface area contributed by atoms with Crippen LogP contribution in [0.3, 0.4) is 0 Å². The van der Waals surface area contributed by atoms with Gasteiger partial charge < -0.3 is 30.5 Å². The highest BCUT2D eigenvalue weighted by molar-refractivity contribution is 7.10. The van der Waals surface area contributed by atoms with Gasteiger partial charge in [0.2, 0.25) is 5.91 Å². The van der Waals surface area contributed by atoms with Crippen LogP contribution < -0.4 is 16.0 Å². The molecule has 0 unspecified atom stereocenters. The summed E-state index contributed by atoms with van der Waals surface area (Å²) in [7, 11) is 0. The van der Waals surface area contributed by atoms with Crippen LogP contribution in [0, 0.1) is 12.3 Å². The zero-order chi connectivity index (χ0) is 28.7. The first-order valence-corrected chi connectivity index (χ1v) is 14.6. The molecule has 0 bridgehead atoms. The van der Waals surface area contributed by atoms with Crippen LogP contribution >= 0.6 is 11.5 Å². The molecule has 2 aromatic rings. The smallest absolute Gasteiger partial charge is 0.410 e. The van der Waals surface area contributed by atoms with E-state index in [9.17, 15) is 14.4 Å². The number of anilines is 3. The highest BCUT2D eigenvalue weighted by Crippen LogP contribution is 2.43. The SMILES string of the molecule is Cc1cc(Nc2nc(N3CCC[C@@H](N4CCC5(CCN(C(=O)OC(C)(C)C)CC5)C4=O)C3)cnc2C(N)=O)sn1. The predicted molar refractivity (Wildman–Crippen MR) is 152 cm³/mol. The van der Waals surface area contributed by atoms with Gasteiger partial charge in [0.15, 0.2) is 11.5 Å². The van der Waals surface area contributed by atoms with Gasteiger partial charge in [0, 0.05) is 38.8 Å². The molecule has 3 amide bonds. The van der Waals surface area contributed by atoms with E-state index in [1.807, 2.05) is 38.7 Å². The highest BCUT2D eigenvalue weighted by Gasteiger charge is 2.50. The topological polar surface area (TPSA) is 147 Å². The number of aryl methyl sites for hydroxylation is 1. The third-order valence-corrected chi connectivity index (χ3v) is 8.74. The van der Waals surface area contributed by atoms with Crippen molar-refractivity contribution in [3.8, 4) is 0 Å². The van der Waals surface area contributed by atoms with Gasteiger partial charge in [0.05, 0.1) is 17.3 Å². The van der Waals surface area contributed by atoms with E-state index in [1.165, 1.54) is 11.5 Å². The molecule has 3 aliphatic rings. The molecule has 0 saturated carbocycles. The van der Waals surface area contributed by atoms with Gasteiger partial charge in [-0.15, -0.1) is 0 Å². The molecular weight excluding hydrogens is 532 g/mol. The quantitative estimate of drug-likeness (QED) is 0.553. The number of nitrogens with one attached hydrogen (secondary N) is 1. The molecular formula is C27H38N8O4S. The van der Waals surface area contributed by atoms with Gasteiger partial charge in [-0.3, -0.25) is 9.59 Å². The van der Waals surface area contributed by atoms with Gasteiger partial charge in [-0.05, 0) is 77.4 Å². The summed E-state index contributed by atoms with van der Waals surface area (Å²) in [5.74, 6) is 0.459. The zero-order valence-corrected chi connectivity index (χ0v) is 24.4. The van der Waals surface area contributed by atoms with Crippen LogP contribution in [0.5, 0.6) is 0 Å². The predicted octanol–water partition coefficient (Wildman–Crippen LogP) is 3.30. The number of ether oxygens (including phenoxy) is 1. The molecule has 0 aliphatic carbocycles. The number of piperidine rings is 2. The van der Waals surface area contributed by atoms with Crippen molar-refractivity contribution < 1.29 is 19.1 Å². The molecule has 3 N–H and O–H groups in total. The average Bonchev–Trinajstić information content (AvgIpc) is 3.45. The standard InChI is InChI=1S/C27H38N8O4S/c1-17-14-20(40-32-17)31-23-21(22(28)36)29-15-19(30-23)34-10-5-6-18(16-34)35-13-9-27(24(35)37)7-11-33(12-8-27)25(38)39-26(2,3)4/h14-15,18H,5-13,16H2,1-4H3,(H2,28,36)(H,30,31)/t18-/m1/s1. The molecule has 1 spiro atoms. The maximum absolute atomic E-state index is 13.8. The van der Waals surface area contributed by atoms with Crippen molar-refractivity contribution in [2.75, 3.05) is 42.9 Å². The normalized spacial score (nSPS) is 21.1. The summed E-state index contributed by atoms with van der Waals surface area (Å²) in [5.41, 5.74) is 5.54. The Morgan fingerprint density at radius 1 is 1.18 bits per heavy atom. The number of likely N-dealkylation sites (tertiary alicyclic amines) is 2. The molecule has 1 atom stereocenters. The number of hydrogen-bond donors (Lipinski definition) is 2. The number of carbonyl (C=O) groups excluding carboxylic acids is 3. The highest BCUT2D eigenvalue weighted by atomic mass is 32.1. The maximum Gasteiger partial charge on any atom is 0.410 e. The minimum Gasteiger partial charge on any atom is -0.444 e. The van der Waals surface area contributed by atoms with Crippen LogP contribution in [-0.2, 0) is 9.53 Å². The van der Waals surface area contributed by atoms with Crippen LogP contribution in [0.25, 0.3) is 0 Å². The van der Waals surface area contributed by atoms with Gasteiger partial charge in [0.1, 0.15) is 16.4 Å². The van der Waals surface area contributed by atoms with E-state index < -0.39 is 16.9 Å². The number of nitrogens with zero attached hydrogens (tertiary/aromatic N) is 6. The van der Waals surface area contributed by atoms with Crippen LogP contribution in [0.4, 0.5) is 21.4 Å². The molecule has 3 aliphatic heterocycles. The Balaban J connectivity index is 1.25. The van der Waals surface area contributed by atoms with Crippen molar-refractivity contribution in [2.24, 2.45) is 11.1 Å². The van der Waals surface area contributed by atoms with Crippen molar-refractivity contribution in [2.45, 2.75) is 71.4 Å². The second-order valence-corrected chi connectivity index (χ2v) is 12.8. The molecule has 2 aromatic heterocycles. The number of primary amides is 1. The summed E-state index contributed by atoms with van der Waals surface area (Å²) in [6.07, 6.45) is 5.21. The fourth-order valence-corrected chi connectivity index (χ4v) is 6.52. The summed E-state index contributed by atoms with van der Waals surface area (Å²) in [4.78, 5) is 53.3. The average molecular weight is 571 g/mol. The lowest BCUT2D eigenvalue weighted by Gasteiger charge is -2.41. The van der Waals surface area contributed by atoms with E-state index in [-0.39, 0.29) is 23.7 Å². The number of nitrogens with two attached hydrogens (primary N) is 1. The van der Waals surface area contributed by atoms with Gasteiger partial charge >= 0.3 is 6.09 Å². The van der Waals surface area contributed by atoms with Crippen molar-refractivity contribution >= 4 is 46.1 Å². The lowest BCUT2D eigenvalue weighted by atomic mass is 9.77. The fraction of sp³-hybridized carbons (Fsp3) is 0.630. The molecule has 0 radical (unpaired) electrons. The number of carbonyl (C=O) groups is 3. The van der Waals surface area contributed by atoms with E-state index in [1.54, 1.807) is 11.1 Å². The Morgan fingerprint density at radius 2 is 1.90 bits per heavy atom. The van der Waals surface area contributed by atoms with Gasteiger partial charge in [-0.25, -0.2) is 14.8 Å². The van der Waals surface area contributed by atoms with E-state index in [4.69, 9.17) is 15.5 Å². The third kappa shape index (κ3) is 5.84. The van der Waals surface area contributed by atoms with E-state index in [0.29, 0.717) is 50.7 Å². The Hall–Kier alpha value is -3.48. The van der Waals surface area contributed by atoms with Gasteiger partial charge in [0.25, 0.3) is 5.91 Å². The molecule has 216 valence electrons. The molecule has 5 heterocycles. The first-order chi connectivity index (χ1) is 18.9. The lowest BCUT2D eigenvalue weighted by Crippen LogP contribution is -2.52. The molecule has 3 fully saturated rings. The van der Waals surface area contributed by atoms with Gasteiger partial charge in [-0.1, -0.05) is 0 Å². The maximum atomic E-state index is 13.8. The van der Waals surface area contributed by atoms with Crippen molar-refractivity contribution in [3.63, 3.8) is 0 Å². The third-order valence-electron chi connectivity index (χ3n) is 7.94. The minimum absolute atomic E-state index is 0.0580. The van der Waals surface area contributed by atoms with Gasteiger partial charge in [-0.2, -0.15) is 4.37 Å². The molecule has 13 heteroatoms. The molecule has 0 aromatic carbocycles. The Bertz CT molecular complexity index is 1280. The summed E-state index contributed by atoms with van der Waals surface area (Å²) < 4.78 is 9.80. The van der Waals surface area contributed by atoms with Crippen molar-refractivity contribution in [3.05, 3.63) is 23.7 Å². The van der Waals surface area contributed by atoms with Crippen molar-refractivity contribution in [1.29, 1.82) is 0 Å². The fourth-order valence-electron chi connectivity index (χ4n) is 5.86. The van der Waals surface area contributed by atoms with E-state index in [0.717, 1.165) is 36.5 Å². The zero-order valence-electron chi connectivity index (χ0n) is 23.6. The van der Waals surface area contributed by atoms with Crippen LogP contribution in [-0.4, -0.2) is 86.4 Å². The second-order valence-electron chi connectivity index (χ2n) is 12.0. The molecule has 40 heavy (non-hydrogen) atoms. The largest absolute Gasteiger partial charge is 0.444 e. The molecule has 3 saturated heterocycles.